The van der Waals surface area contributed by atoms with Gasteiger partial charge < -0.3 is 20.6 Å². The Labute approximate surface area is 192 Å². The van der Waals surface area contributed by atoms with Gasteiger partial charge in [0.1, 0.15) is 0 Å². The first-order valence-electron chi connectivity index (χ1n) is 9.83. The number of hydrogen-bond donors (Lipinski definition) is 4. The summed E-state index contributed by atoms with van der Waals surface area (Å²) in [6.07, 6.45) is 3.04. The fourth-order valence-electron chi connectivity index (χ4n) is 3.14. The van der Waals surface area contributed by atoms with Crippen molar-refractivity contribution in [1.82, 2.24) is 14.9 Å². The van der Waals surface area contributed by atoms with Gasteiger partial charge >= 0.3 is 5.97 Å². The summed E-state index contributed by atoms with van der Waals surface area (Å²) < 4.78 is 1.94. The molecule has 0 spiro atoms. The number of aliphatic hydroxyl groups excluding tert-OH is 2. The largest absolute Gasteiger partial charge is 0.481 e. The number of piperidine rings is 1. The highest BCUT2D eigenvalue weighted by molar-refractivity contribution is 9.10. The molecule has 2 atom stereocenters. The second-order valence-corrected chi connectivity index (χ2v) is 8.46. The molecule has 1 saturated heterocycles. The lowest BCUT2D eigenvalue weighted by Gasteiger charge is -2.28. The Morgan fingerprint density at radius 2 is 2.10 bits per heavy atom. The Bertz CT molecular complexity index is 983. The smallest absolute Gasteiger partial charge is 0.303 e. The Morgan fingerprint density at radius 3 is 2.71 bits per heavy atom. The highest BCUT2D eigenvalue weighted by Crippen LogP contribution is 2.25. The van der Waals surface area contributed by atoms with Crippen molar-refractivity contribution in [2.45, 2.75) is 50.8 Å². The third-order valence-electron chi connectivity index (χ3n) is 4.76. The van der Waals surface area contributed by atoms with Gasteiger partial charge in [-0.1, -0.05) is 11.6 Å². The maximum Gasteiger partial charge on any atom is 0.303 e. The molecule has 1 fully saturated rings. The molecule has 31 heavy (non-hydrogen) atoms. The van der Waals surface area contributed by atoms with Gasteiger partial charge in [0.05, 0.1) is 34.9 Å². The Balaban J connectivity index is 0.000000423. The maximum absolute atomic E-state index is 12.5. The van der Waals surface area contributed by atoms with Crippen LogP contribution in [0.1, 0.15) is 32.1 Å². The van der Waals surface area contributed by atoms with Gasteiger partial charge in [0, 0.05) is 30.0 Å². The second-order valence-electron chi connectivity index (χ2n) is 7.19. The standard InChI is InChI=1S/C16H17BrClN3O3.C4H8O3/c17-11-6-13-10(5-12(11)18)16(24)21(8-20-13)7-9(22)4-14-15(23)2-1-3-19-14;5-3-1-2-4(6)7/h5-6,8,14-15,19,23H,1-4,7H2;5H,1-3H2,(H,6,7)/t14-,15+;/m1./s1. The number of aliphatic carboxylic acids is 1. The molecule has 0 saturated carbocycles. The van der Waals surface area contributed by atoms with Crippen molar-refractivity contribution in [1.29, 1.82) is 0 Å². The van der Waals surface area contributed by atoms with E-state index in [9.17, 15) is 19.5 Å². The fourth-order valence-corrected chi connectivity index (χ4v) is 3.64. The molecule has 11 heteroatoms. The minimum atomic E-state index is -0.853. The Morgan fingerprint density at radius 1 is 1.35 bits per heavy atom. The molecular formula is C20H25BrClN3O6. The molecule has 1 aromatic carbocycles. The molecule has 0 amide bonds. The third-order valence-corrected chi connectivity index (χ3v) is 5.95. The molecule has 0 bridgehead atoms. The summed E-state index contributed by atoms with van der Waals surface area (Å²) in [5.41, 5.74) is 0.212. The number of fused-ring (bicyclic) bond motifs is 1. The normalized spacial score (nSPS) is 18.3. The first-order chi connectivity index (χ1) is 14.7. The van der Waals surface area contributed by atoms with Gasteiger partial charge in [0.2, 0.25) is 0 Å². The van der Waals surface area contributed by atoms with Gasteiger partial charge in [0.15, 0.2) is 5.78 Å². The number of nitrogens with zero attached hydrogens (tertiary/aromatic N) is 2. The highest BCUT2D eigenvalue weighted by atomic mass is 79.9. The molecule has 1 aliphatic rings. The zero-order valence-corrected chi connectivity index (χ0v) is 19.1. The predicted octanol–water partition coefficient (Wildman–Crippen LogP) is 1.73. The van der Waals surface area contributed by atoms with Crippen LogP contribution in [0, 0.1) is 0 Å². The van der Waals surface area contributed by atoms with Gasteiger partial charge in [-0.25, -0.2) is 4.98 Å². The summed E-state index contributed by atoms with van der Waals surface area (Å²) >= 11 is 9.33. The van der Waals surface area contributed by atoms with Gasteiger partial charge in [-0.15, -0.1) is 0 Å². The number of Topliss-reactive ketones (excluding diaryl/α,β-unsaturated/α-hetero) is 1. The molecule has 0 unspecified atom stereocenters. The van der Waals surface area contributed by atoms with Crippen LogP contribution in [0.3, 0.4) is 0 Å². The zero-order chi connectivity index (χ0) is 23.0. The number of nitrogens with one attached hydrogen (secondary N) is 1. The predicted molar refractivity (Wildman–Crippen MR) is 119 cm³/mol. The van der Waals surface area contributed by atoms with Crippen molar-refractivity contribution in [3.63, 3.8) is 0 Å². The number of halogens is 2. The van der Waals surface area contributed by atoms with Crippen LogP contribution < -0.4 is 10.9 Å². The molecule has 3 rings (SSSR count). The Kier molecular flexibility index (Phi) is 10.0. The SMILES string of the molecule is O=C(C[C@H]1NCCC[C@@H]1O)Cn1cnc2cc(Br)c(Cl)cc2c1=O.O=C(O)CCCO. The van der Waals surface area contributed by atoms with Gasteiger partial charge in [-0.05, 0) is 53.9 Å². The Hall–Kier alpha value is -1.85. The number of hydrogen-bond acceptors (Lipinski definition) is 7. The number of rotatable bonds is 7. The summed E-state index contributed by atoms with van der Waals surface area (Å²) in [5, 5.41) is 29.8. The van der Waals surface area contributed by atoms with Gasteiger partial charge in [-0.3, -0.25) is 19.0 Å². The van der Waals surface area contributed by atoms with Crippen LogP contribution in [-0.4, -0.2) is 61.9 Å². The van der Waals surface area contributed by atoms with E-state index < -0.39 is 12.1 Å². The lowest BCUT2D eigenvalue weighted by atomic mass is 9.97. The van der Waals surface area contributed by atoms with Crippen LogP contribution in [0.4, 0.5) is 0 Å². The van der Waals surface area contributed by atoms with E-state index >= 15 is 0 Å². The van der Waals surface area contributed by atoms with Crippen molar-refractivity contribution in [3.8, 4) is 0 Å². The maximum atomic E-state index is 12.5. The van der Waals surface area contributed by atoms with Crippen LogP contribution >= 0.6 is 27.5 Å². The summed E-state index contributed by atoms with van der Waals surface area (Å²) in [6.45, 7) is 0.687. The number of carboxylic acids is 1. The molecule has 2 aromatic rings. The van der Waals surface area contributed by atoms with Crippen molar-refractivity contribution < 1.29 is 24.9 Å². The van der Waals surface area contributed by atoms with Gasteiger partial charge in [-0.2, -0.15) is 0 Å². The summed E-state index contributed by atoms with van der Waals surface area (Å²) in [4.78, 5) is 38.6. The lowest BCUT2D eigenvalue weighted by molar-refractivity contribution is -0.137. The van der Waals surface area contributed by atoms with Crippen LogP contribution in [0.5, 0.6) is 0 Å². The summed E-state index contributed by atoms with van der Waals surface area (Å²) in [5.74, 6) is -0.978. The van der Waals surface area contributed by atoms with Crippen molar-refractivity contribution in [2.75, 3.05) is 13.2 Å². The van der Waals surface area contributed by atoms with Crippen LogP contribution in [-0.2, 0) is 16.1 Å². The van der Waals surface area contributed by atoms with Crippen LogP contribution in [0.2, 0.25) is 5.02 Å². The van der Waals surface area contributed by atoms with E-state index in [0.717, 1.165) is 13.0 Å². The second kappa shape index (κ2) is 12.3. The average molecular weight is 519 g/mol. The van der Waals surface area contributed by atoms with E-state index in [4.69, 9.17) is 21.8 Å². The van der Waals surface area contributed by atoms with Crippen molar-refractivity contribution >= 4 is 50.2 Å². The number of carboxylic acid groups (broad SMARTS) is 1. The summed E-state index contributed by atoms with van der Waals surface area (Å²) in [6, 6.07) is 2.97. The number of carbonyl (C=O) groups excluding carboxylic acids is 1. The molecular weight excluding hydrogens is 494 g/mol. The first-order valence-corrected chi connectivity index (χ1v) is 11.0. The third kappa shape index (κ3) is 7.65. The lowest BCUT2D eigenvalue weighted by Crippen LogP contribution is -2.46. The minimum absolute atomic E-state index is 0.0354. The number of ketones is 1. The monoisotopic (exact) mass is 517 g/mol. The molecule has 0 radical (unpaired) electrons. The van der Waals surface area contributed by atoms with E-state index in [-0.39, 0.29) is 43.4 Å². The highest BCUT2D eigenvalue weighted by Gasteiger charge is 2.25. The zero-order valence-electron chi connectivity index (χ0n) is 16.8. The van der Waals surface area contributed by atoms with Crippen molar-refractivity contribution in [3.05, 3.63) is 38.3 Å². The molecule has 170 valence electrons. The molecule has 0 aliphatic carbocycles. The molecule has 9 nitrogen and oxygen atoms in total. The fraction of sp³-hybridized carbons (Fsp3) is 0.500. The van der Waals surface area contributed by atoms with E-state index in [1.807, 2.05) is 0 Å². The number of aliphatic hydroxyl groups is 2. The van der Waals surface area contributed by atoms with Gasteiger partial charge in [0.25, 0.3) is 5.56 Å². The average Bonchev–Trinajstić information content (AvgIpc) is 2.72. The summed E-state index contributed by atoms with van der Waals surface area (Å²) in [7, 11) is 0. The molecule has 1 aliphatic heterocycles. The van der Waals surface area contributed by atoms with Crippen molar-refractivity contribution in [2.24, 2.45) is 0 Å². The topological polar surface area (TPSA) is 142 Å². The quantitative estimate of drug-likeness (QED) is 0.434. The first kappa shape index (κ1) is 25.4. The van der Waals surface area contributed by atoms with E-state index in [1.165, 1.54) is 10.9 Å². The van der Waals surface area contributed by atoms with E-state index in [1.54, 1.807) is 12.1 Å². The minimum Gasteiger partial charge on any atom is -0.481 e. The van der Waals surface area contributed by atoms with E-state index in [0.29, 0.717) is 33.2 Å². The molecule has 1 aromatic heterocycles. The number of carbonyl (C=O) groups is 2. The number of aromatic nitrogens is 2. The molecule has 4 N–H and O–H groups in total. The van der Waals surface area contributed by atoms with E-state index in [2.05, 4.69) is 26.2 Å². The number of benzene rings is 1. The van der Waals surface area contributed by atoms with Crippen LogP contribution in [0.15, 0.2) is 27.7 Å². The van der Waals surface area contributed by atoms with Crippen LogP contribution in [0.25, 0.3) is 10.9 Å². The molecule has 2 heterocycles.